The van der Waals surface area contributed by atoms with Crippen LogP contribution in [0.25, 0.3) is 11.5 Å². The Bertz CT molecular complexity index is 899. The summed E-state index contributed by atoms with van der Waals surface area (Å²) in [7, 11) is 2.15. The molecule has 2 aromatic heterocycles. The van der Waals surface area contributed by atoms with E-state index in [1.165, 1.54) is 5.69 Å². The largest absolute Gasteiger partial charge is 0.421 e. The van der Waals surface area contributed by atoms with Gasteiger partial charge in [-0.15, -0.1) is 10.2 Å². The highest BCUT2D eigenvalue weighted by Gasteiger charge is 2.14. The normalized spacial score (nSPS) is 15.0. The maximum atomic E-state index is 12.2. The number of benzene rings is 1. The lowest BCUT2D eigenvalue weighted by Gasteiger charge is -2.34. The molecular formula is C20H23N5O2S. The number of aromatic nitrogens is 2. The van der Waals surface area contributed by atoms with Crippen LogP contribution in [0.2, 0.25) is 0 Å². The minimum atomic E-state index is -0.0670. The Morgan fingerprint density at radius 1 is 1.14 bits per heavy atom. The van der Waals surface area contributed by atoms with Crippen molar-refractivity contribution in [1.82, 2.24) is 15.1 Å². The molecule has 0 bridgehead atoms. The highest BCUT2D eigenvalue weighted by atomic mass is 32.1. The fourth-order valence-corrected chi connectivity index (χ4v) is 3.75. The molecule has 3 heterocycles. The van der Waals surface area contributed by atoms with Crippen LogP contribution in [0, 0.1) is 0 Å². The van der Waals surface area contributed by atoms with Gasteiger partial charge in [-0.05, 0) is 42.8 Å². The molecule has 1 saturated heterocycles. The molecule has 0 radical (unpaired) electrons. The predicted octanol–water partition coefficient (Wildman–Crippen LogP) is 3.12. The first-order valence-corrected chi connectivity index (χ1v) is 10.3. The van der Waals surface area contributed by atoms with Crippen molar-refractivity contribution in [1.29, 1.82) is 0 Å². The Balaban J connectivity index is 1.27. The second-order valence-electron chi connectivity index (χ2n) is 6.90. The van der Waals surface area contributed by atoms with Crippen LogP contribution < -0.4 is 10.2 Å². The van der Waals surface area contributed by atoms with Crippen molar-refractivity contribution in [2.45, 2.75) is 12.8 Å². The molecule has 0 saturated carbocycles. The molecule has 7 nitrogen and oxygen atoms in total. The first kappa shape index (κ1) is 18.6. The smallest absolute Gasteiger partial charge is 0.248 e. The van der Waals surface area contributed by atoms with Crippen LogP contribution in [0.4, 0.5) is 11.4 Å². The van der Waals surface area contributed by atoms with Gasteiger partial charge in [-0.2, -0.15) is 11.3 Å². The Hall–Kier alpha value is -2.71. The Morgan fingerprint density at radius 2 is 1.93 bits per heavy atom. The summed E-state index contributed by atoms with van der Waals surface area (Å²) in [6.45, 7) is 4.20. The predicted molar refractivity (Wildman–Crippen MR) is 111 cm³/mol. The summed E-state index contributed by atoms with van der Waals surface area (Å²) < 4.78 is 5.61. The zero-order valence-corrected chi connectivity index (χ0v) is 16.6. The molecular weight excluding hydrogens is 374 g/mol. The third kappa shape index (κ3) is 4.58. The molecule has 8 heteroatoms. The topological polar surface area (TPSA) is 74.5 Å². The molecule has 4 rings (SSSR count). The third-order valence-electron chi connectivity index (χ3n) is 4.82. The fourth-order valence-electron chi connectivity index (χ4n) is 3.12. The summed E-state index contributed by atoms with van der Waals surface area (Å²) in [5, 5.41) is 14.9. The monoisotopic (exact) mass is 397 g/mol. The number of hydrogen-bond donors (Lipinski definition) is 1. The highest BCUT2D eigenvalue weighted by Crippen LogP contribution is 2.21. The molecule has 0 aliphatic carbocycles. The number of anilines is 2. The lowest BCUT2D eigenvalue weighted by atomic mass is 10.2. The molecule has 1 N–H and O–H groups in total. The van der Waals surface area contributed by atoms with Crippen molar-refractivity contribution in [2.75, 3.05) is 43.4 Å². The zero-order chi connectivity index (χ0) is 19.3. The molecule has 0 atom stereocenters. The number of carbonyl (C=O) groups excluding carboxylic acids is 1. The fraction of sp³-hybridized carbons (Fsp3) is 0.350. The summed E-state index contributed by atoms with van der Waals surface area (Å²) in [6, 6.07) is 9.96. The Kier molecular flexibility index (Phi) is 5.68. The standard InChI is InChI=1S/C20H23N5O2S/c1-24-9-11-25(12-10-24)17-4-2-16(3-5-17)21-18(26)6-7-19-22-23-20(27-19)15-8-13-28-14-15/h2-5,8,13-14H,6-7,9-12H2,1H3,(H,21,26). The van der Waals surface area contributed by atoms with E-state index in [-0.39, 0.29) is 5.91 Å². The van der Waals surface area contributed by atoms with Gasteiger partial charge < -0.3 is 19.5 Å². The molecule has 1 aromatic carbocycles. The quantitative estimate of drug-likeness (QED) is 0.689. The molecule has 28 heavy (non-hydrogen) atoms. The van der Waals surface area contributed by atoms with Crippen molar-refractivity contribution in [3.8, 4) is 11.5 Å². The number of aryl methyl sites for hydroxylation is 1. The lowest BCUT2D eigenvalue weighted by molar-refractivity contribution is -0.116. The van der Waals surface area contributed by atoms with Crippen LogP contribution in [0.5, 0.6) is 0 Å². The second-order valence-corrected chi connectivity index (χ2v) is 7.68. The number of carbonyl (C=O) groups is 1. The van der Waals surface area contributed by atoms with Crippen LogP contribution in [-0.2, 0) is 11.2 Å². The van der Waals surface area contributed by atoms with Crippen LogP contribution in [0.3, 0.4) is 0 Å². The molecule has 0 unspecified atom stereocenters. The van der Waals surface area contributed by atoms with Crippen molar-refractivity contribution in [3.63, 3.8) is 0 Å². The first-order chi connectivity index (χ1) is 13.7. The average molecular weight is 398 g/mol. The van der Waals surface area contributed by atoms with Crippen molar-refractivity contribution in [2.24, 2.45) is 0 Å². The molecule has 1 fully saturated rings. The highest BCUT2D eigenvalue weighted by molar-refractivity contribution is 7.08. The molecule has 146 valence electrons. The van der Waals surface area contributed by atoms with Gasteiger partial charge in [0.15, 0.2) is 0 Å². The summed E-state index contributed by atoms with van der Waals surface area (Å²) >= 11 is 1.58. The van der Waals surface area contributed by atoms with E-state index in [0.717, 1.165) is 37.4 Å². The first-order valence-electron chi connectivity index (χ1n) is 9.36. The summed E-state index contributed by atoms with van der Waals surface area (Å²) in [5.74, 6) is 0.903. The van der Waals surface area contributed by atoms with Crippen LogP contribution in [0.1, 0.15) is 12.3 Å². The van der Waals surface area contributed by atoms with Gasteiger partial charge in [0, 0.05) is 61.3 Å². The van der Waals surface area contributed by atoms with Crippen LogP contribution >= 0.6 is 11.3 Å². The minimum Gasteiger partial charge on any atom is -0.421 e. The van der Waals surface area contributed by atoms with E-state index in [9.17, 15) is 4.79 Å². The van der Waals surface area contributed by atoms with E-state index in [2.05, 4.69) is 44.5 Å². The van der Waals surface area contributed by atoms with Gasteiger partial charge in [-0.25, -0.2) is 0 Å². The molecule has 1 aliphatic rings. The number of amides is 1. The van der Waals surface area contributed by atoms with Gasteiger partial charge in [-0.1, -0.05) is 0 Å². The van der Waals surface area contributed by atoms with Crippen molar-refractivity contribution in [3.05, 3.63) is 47.0 Å². The van der Waals surface area contributed by atoms with E-state index in [4.69, 9.17) is 4.42 Å². The minimum absolute atomic E-state index is 0.0670. The number of likely N-dealkylation sites (N-methyl/N-ethyl adjacent to an activating group) is 1. The Labute approximate surface area is 168 Å². The third-order valence-corrected chi connectivity index (χ3v) is 5.50. The van der Waals surface area contributed by atoms with E-state index in [1.54, 1.807) is 11.3 Å². The van der Waals surface area contributed by atoms with E-state index in [0.29, 0.717) is 24.6 Å². The number of thiophene rings is 1. The summed E-state index contributed by atoms with van der Waals surface area (Å²) in [5.41, 5.74) is 2.90. The van der Waals surface area contributed by atoms with Gasteiger partial charge in [0.1, 0.15) is 0 Å². The van der Waals surface area contributed by atoms with Crippen LogP contribution in [0.15, 0.2) is 45.5 Å². The van der Waals surface area contributed by atoms with Crippen molar-refractivity contribution >= 4 is 28.6 Å². The Morgan fingerprint density at radius 3 is 2.64 bits per heavy atom. The van der Waals surface area contributed by atoms with Gasteiger partial charge in [0.2, 0.25) is 17.7 Å². The van der Waals surface area contributed by atoms with Gasteiger partial charge in [0.25, 0.3) is 0 Å². The SMILES string of the molecule is CN1CCN(c2ccc(NC(=O)CCc3nnc(-c4ccsc4)o3)cc2)CC1. The summed E-state index contributed by atoms with van der Waals surface area (Å²) in [4.78, 5) is 16.9. The van der Waals surface area contributed by atoms with Gasteiger partial charge >= 0.3 is 0 Å². The molecule has 1 aliphatic heterocycles. The van der Waals surface area contributed by atoms with Gasteiger partial charge in [0.05, 0.1) is 0 Å². The van der Waals surface area contributed by atoms with E-state index >= 15 is 0 Å². The lowest BCUT2D eigenvalue weighted by Crippen LogP contribution is -2.44. The number of rotatable bonds is 6. The molecule has 3 aromatic rings. The maximum Gasteiger partial charge on any atom is 0.248 e. The van der Waals surface area contributed by atoms with E-state index in [1.807, 2.05) is 29.0 Å². The van der Waals surface area contributed by atoms with E-state index < -0.39 is 0 Å². The second kappa shape index (κ2) is 8.53. The van der Waals surface area contributed by atoms with Crippen molar-refractivity contribution < 1.29 is 9.21 Å². The maximum absolute atomic E-state index is 12.2. The number of nitrogens with zero attached hydrogens (tertiary/aromatic N) is 4. The number of piperazine rings is 1. The van der Waals surface area contributed by atoms with Crippen LogP contribution in [-0.4, -0.2) is 54.2 Å². The summed E-state index contributed by atoms with van der Waals surface area (Å²) in [6.07, 6.45) is 0.716. The number of hydrogen-bond acceptors (Lipinski definition) is 7. The van der Waals surface area contributed by atoms with Gasteiger partial charge in [-0.3, -0.25) is 4.79 Å². The molecule has 1 amide bonds. The average Bonchev–Trinajstić information content (AvgIpc) is 3.39. The number of nitrogens with one attached hydrogen (secondary N) is 1. The zero-order valence-electron chi connectivity index (χ0n) is 15.8. The molecule has 0 spiro atoms.